The minimum Gasteiger partial charge on any atom is -0.273 e. The van der Waals surface area contributed by atoms with Crippen molar-refractivity contribution in [2.24, 2.45) is 0 Å². The summed E-state index contributed by atoms with van der Waals surface area (Å²) in [7, 11) is 0. The fourth-order valence-corrected chi connectivity index (χ4v) is 2.53. The third kappa shape index (κ3) is 3.11. The number of allylic oxidation sites excluding steroid dienone is 2. The van der Waals surface area contributed by atoms with Crippen molar-refractivity contribution < 1.29 is 0 Å². The van der Waals surface area contributed by atoms with Crippen LogP contribution >= 0.6 is 11.6 Å². The number of hydrogen-bond donors (Lipinski definition) is 0. The Bertz CT molecular complexity index is 368. The lowest BCUT2D eigenvalue weighted by Crippen LogP contribution is -1.94. The van der Waals surface area contributed by atoms with E-state index in [2.05, 4.69) is 24.3 Å². The van der Waals surface area contributed by atoms with Gasteiger partial charge in [0.05, 0.1) is 11.6 Å². The number of nitrogens with zero attached hydrogens (tertiary/aromatic N) is 2. The van der Waals surface area contributed by atoms with Crippen LogP contribution in [0.25, 0.3) is 0 Å². The van der Waals surface area contributed by atoms with Gasteiger partial charge in [-0.2, -0.15) is 5.10 Å². The molecule has 0 spiro atoms. The highest BCUT2D eigenvalue weighted by Crippen LogP contribution is 2.23. The second kappa shape index (κ2) is 5.53. The summed E-state index contributed by atoms with van der Waals surface area (Å²) < 4.78 is 1.98. The van der Waals surface area contributed by atoms with Crippen molar-refractivity contribution >= 4 is 11.6 Å². The van der Waals surface area contributed by atoms with Gasteiger partial charge in [0.15, 0.2) is 0 Å². The van der Waals surface area contributed by atoms with Crippen LogP contribution in [0.2, 0.25) is 0 Å². The van der Waals surface area contributed by atoms with E-state index in [0.29, 0.717) is 0 Å². The second-order valence-electron chi connectivity index (χ2n) is 4.47. The number of aryl methyl sites for hydroxylation is 1. The highest BCUT2D eigenvalue weighted by Gasteiger charge is 2.10. The number of alkyl halides is 1. The van der Waals surface area contributed by atoms with Crippen LogP contribution in [-0.2, 0) is 13.0 Å². The predicted molar refractivity (Wildman–Crippen MR) is 67.8 cm³/mol. The standard InChI is InChI=1S/C13H19ClN2/c1-2-16-10-12(9-15-16)7-11-5-3-4-6-13(14)8-11/h8-10,13H,2-7H2,1H3. The molecular formula is C13H19ClN2. The third-order valence-electron chi connectivity index (χ3n) is 3.09. The highest BCUT2D eigenvalue weighted by atomic mass is 35.5. The van der Waals surface area contributed by atoms with Crippen molar-refractivity contribution in [2.45, 2.75) is 50.9 Å². The Balaban J connectivity index is 2.02. The zero-order valence-corrected chi connectivity index (χ0v) is 10.6. The van der Waals surface area contributed by atoms with Gasteiger partial charge in [-0.1, -0.05) is 18.1 Å². The summed E-state index contributed by atoms with van der Waals surface area (Å²) in [6.07, 6.45) is 12.2. The van der Waals surface area contributed by atoms with Crippen LogP contribution in [0, 0.1) is 0 Å². The third-order valence-corrected chi connectivity index (χ3v) is 3.43. The van der Waals surface area contributed by atoms with E-state index in [1.165, 1.54) is 30.4 Å². The molecular weight excluding hydrogens is 220 g/mol. The monoisotopic (exact) mass is 238 g/mol. The molecule has 2 nitrogen and oxygen atoms in total. The van der Waals surface area contributed by atoms with Gasteiger partial charge in [-0.15, -0.1) is 11.6 Å². The summed E-state index contributed by atoms with van der Waals surface area (Å²) in [6.45, 7) is 3.05. The maximum absolute atomic E-state index is 6.22. The van der Waals surface area contributed by atoms with E-state index in [1.807, 2.05) is 10.9 Å². The van der Waals surface area contributed by atoms with Crippen molar-refractivity contribution in [3.05, 3.63) is 29.6 Å². The quantitative estimate of drug-likeness (QED) is 0.582. The molecule has 16 heavy (non-hydrogen) atoms. The first-order valence-corrected chi connectivity index (χ1v) is 6.56. The summed E-state index contributed by atoms with van der Waals surface area (Å²) in [5, 5.41) is 4.53. The first kappa shape index (κ1) is 11.7. The van der Waals surface area contributed by atoms with E-state index in [9.17, 15) is 0 Å². The first-order chi connectivity index (χ1) is 7.78. The molecule has 1 aromatic rings. The van der Waals surface area contributed by atoms with Gasteiger partial charge in [0, 0.05) is 12.7 Å². The van der Waals surface area contributed by atoms with Gasteiger partial charge < -0.3 is 0 Å². The normalized spacial score (nSPS) is 21.6. The van der Waals surface area contributed by atoms with Crippen molar-refractivity contribution in [3.63, 3.8) is 0 Å². The molecule has 0 radical (unpaired) electrons. The van der Waals surface area contributed by atoms with Gasteiger partial charge in [0.1, 0.15) is 0 Å². The molecule has 1 aromatic heterocycles. The summed E-state index contributed by atoms with van der Waals surface area (Å²) in [6, 6.07) is 0. The summed E-state index contributed by atoms with van der Waals surface area (Å²) in [5.74, 6) is 0. The van der Waals surface area contributed by atoms with E-state index in [0.717, 1.165) is 19.4 Å². The van der Waals surface area contributed by atoms with Gasteiger partial charge in [-0.3, -0.25) is 4.68 Å². The summed E-state index contributed by atoms with van der Waals surface area (Å²) in [4.78, 5) is 0. The number of aromatic nitrogens is 2. The lowest BCUT2D eigenvalue weighted by Gasteiger charge is -2.03. The van der Waals surface area contributed by atoms with Gasteiger partial charge in [0.2, 0.25) is 0 Å². The van der Waals surface area contributed by atoms with Crippen LogP contribution in [0.1, 0.15) is 38.2 Å². The minimum absolute atomic E-state index is 0.235. The number of hydrogen-bond acceptors (Lipinski definition) is 1. The lowest BCUT2D eigenvalue weighted by molar-refractivity contribution is 0.659. The van der Waals surface area contributed by atoms with E-state index in [4.69, 9.17) is 11.6 Å². The van der Waals surface area contributed by atoms with Crippen molar-refractivity contribution in [1.82, 2.24) is 9.78 Å². The van der Waals surface area contributed by atoms with Crippen LogP contribution in [0.3, 0.4) is 0 Å². The van der Waals surface area contributed by atoms with Crippen molar-refractivity contribution in [2.75, 3.05) is 0 Å². The Morgan fingerprint density at radius 1 is 1.50 bits per heavy atom. The fraction of sp³-hybridized carbons (Fsp3) is 0.615. The smallest absolute Gasteiger partial charge is 0.0525 e. The Morgan fingerprint density at radius 2 is 2.38 bits per heavy atom. The van der Waals surface area contributed by atoms with Gasteiger partial charge in [0.25, 0.3) is 0 Å². The van der Waals surface area contributed by atoms with Gasteiger partial charge >= 0.3 is 0 Å². The summed E-state index contributed by atoms with van der Waals surface area (Å²) >= 11 is 6.22. The molecule has 1 aliphatic rings. The lowest BCUT2D eigenvalue weighted by atomic mass is 10.0. The largest absolute Gasteiger partial charge is 0.273 e. The first-order valence-electron chi connectivity index (χ1n) is 6.13. The zero-order chi connectivity index (χ0) is 11.4. The molecule has 0 bridgehead atoms. The summed E-state index contributed by atoms with van der Waals surface area (Å²) in [5.41, 5.74) is 2.78. The molecule has 0 aliphatic heterocycles. The van der Waals surface area contributed by atoms with Crippen LogP contribution in [0.5, 0.6) is 0 Å². The number of rotatable bonds is 3. The Hall–Kier alpha value is -0.760. The Kier molecular flexibility index (Phi) is 4.05. The van der Waals surface area contributed by atoms with Gasteiger partial charge in [-0.25, -0.2) is 0 Å². The molecule has 1 unspecified atom stereocenters. The predicted octanol–water partition coefficient (Wildman–Crippen LogP) is 3.55. The van der Waals surface area contributed by atoms with Crippen molar-refractivity contribution in [3.8, 4) is 0 Å². The SMILES string of the molecule is CCn1cc(CC2=CC(Cl)CCCC2)cn1. The van der Waals surface area contributed by atoms with Crippen LogP contribution < -0.4 is 0 Å². The molecule has 0 saturated heterocycles. The minimum atomic E-state index is 0.235. The van der Waals surface area contributed by atoms with E-state index in [-0.39, 0.29) is 5.38 Å². The Labute approximate surface area is 102 Å². The van der Waals surface area contributed by atoms with Gasteiger partial charge in [-0.05, 0) is 38.2 Å². The Morgan fingerprint density at radius 3 is 3.12 bits per heavy atom. The molecule has 1 atom stereocenters. The second-order valence-corrected chi connectivity index (χ2v) is 5.03. The molecule has 88 valence electrons. The molecule has 0 saturated carbocycles. The molecule has 3 heteroatoms. The maximum atomic E-state index is 6.22. The number of halogens is 1. The van der Waals surface area contributed by atoms with Crippen molar-refractivity contribution in [1.29, 1.82) is 0 Å². The molecule has 1 heterocycles. The zero-order valence-electron chi connectivity index (χ0n) is 9.82. The molecule has 0 amide bonds. The molecule has 0 aromatic carbocycles. The van der Waals surface area contributed by atoms with E-state index >= 15 is 0 Å². The van der Waals surface area contributed by atoms with Crippen LogP contribution in [0.4, 0.5) is 0 Å². The molecule has 0 N–H and O–H groups in total. The van der Waals surface area contributed by atoms with E-state index in [1.54, 1.807) is 0 Å². The van der Waals surface area contributed by atoms with Crippen LogP contribution in [0.15, 0.2) is 24.0 Å². The van der Waals surface area contributed by atoms with Crippen LogP contribution in [-0.4, -0.2) is 15.2 Å². The highest BCUT2D eigenvalue weighted by molar-refractivity contribution is 6.21. The average Bonchev–Trinajstić information content (AvgIpc) is 2.62. The maximum Gasteiger partial charge on any atom is 0.0525 e. The van der Waals surface area contributed by atoms with E-state index < -0.39 is 0 Å². The molecule has 2 rings (SSSR count). The molecule has 1 aliphatic carbocycles. The fourth-order valence-electron chi connectivity index (χ4n) is 2.19. The topological polar surface area (TPSA) is 17.8 Å². The molecule has 0 fully saturated rings. The average molecular weight is 239 g/mol.